The quantitative estimate of drug-likeness (QED) is 0.588. The molecule has 2 heterocycles. The minimum atomic E-state index is 0.553. The summed E-state index contributed by atoms with van der Waals surface area (Å²) in [6, 6.07) is 17.7. The Kier molecular flexibility index (Phi) is 2.97. The average molecular weight is 290 g/mol. The number of aromatic nitrogens is 5. The average Bonchev–Trinajstić information content (AvgIpc) is 3.27. The molecule has 0 atom stereocenters. The van der Waals surface area contributed by atoms with Gasteiger partial charge >= 0.3 is 5.82 Å². The van der Waals surface area contributed by atoms with Crippen molar-refractivity contribution in [2.75, 3.05) is 0 Å². The van der Waals surface area contributed by atoms with E-state index in [1.54, 1.807) is 12.5 Å². The van der Waals surface area contributed by atoms with Gasteiger partial charge < -0.3 is 4.42 Å². The first-order valence-corrected chi connectivity index (χ1v) is 6.81. The summed E-state index contributed by atoms with van der Waals surface area (Å²) in [6.45, 7) is 0. The summed E-state index contributed by atoms with van der Waals surface area (Å²) in [5.41, 5.74) is 2.70. The highest BCUT2D eigenvalue weighted by molar-refractivity contribution is 5.63. The van der Waals surface area contributed by atoms with Crippen LogP contribution in [-0.4, -0.2) is 20.5 Å². The number of oxazole rings is 1. The van der Waals surface area contributed by atoms with Crippen molar-refractivity contribution in [3.63, 3.8) is 0 Å². The van der Waals surface area contributed by atoms with Crippen LogP contribution in [0.15, 0.2) is 71.5 Å². The Labute approximate surface area is 126 Å². The van der Waals surface area contributed by atoms with Gasteiger partial charge in [0.05, 0.1) is 17.3 Å². The molecule has 0 aliphatic carbocycles. The third-order valence-corrected chi connectivity index (χ3v) is 3.34. The molecule has 1 N–H and O–H groups in total. The lowest BCUT2D eigenvalue weighted by atomic mass is 10.1. The molecule has 4 aromatic rings. The number of hydrogen-bond donors (Lipinski definition) is 1. The van der Waals surface area contributed by atoms with Crippen molar-refractivity contribution >= 4 is 0 Å². The van der Waals surface area contributed by atoms with Crippen LogP contribution in [0.4, 0.5) is 0 Å². The van der Waals surface area contributed by atoms with Crippen LogP contribution < -0.4 is 4.68 Å². The zero-order valence-corrected chi connectivity index (χ0v) is 11.5. The van der Waals surface area contributed by atoms with Gasteiger partial charge in [-0.15, -0.1) is 4.68 Å². The van der Waals surface area contributed by atoms with Gasteiger partial charge in [-0.2, -0.15) is 0 Å². The SMILES string of the molecule is c1ccc(-c2nn[nH][n+]2-c2ccccc2-c2ncco2)cc1. The number of para-hydroxylation sites is 1. The van der Waals surface area contributed by atoms with Crippen molar-refractivity contribution in [3.8, 4) is 28.5 Å². The number of nitrogens with one attached hydrogen (secondary N) is 1. The number of hydrogen-bond acceptors (Lipinski definition) is 4. The van der Waals surface area contributed by atoms with E-state index in [9.17, 15) is 0 Å². The first kappa shape index (κ1) is 12.5. The van der Waals surface area contributed by atoms with Gasteiger partial charge in [0.15, 0.2) is 5.21 Å². The van der Waals surface area contributed by atoms with Crippen molar-refractivity contribution < 1.29 is 9.10 Å². The van der Waals surface area contributed by atoms with Crippen LogP contribution in [0, 0.1) is 0 Å². The van der Waals surface area contributed by atoms with E-state index in [4.69, 9.17) is 4.42 Å². The first-order chi connectivity index (χ1) is 10.9. The van der Waals surface area contributed by atoms with Crippen LogP contribution >= 0.6 is 0 Å². The van der Waals surface area contributed by atoms with E-state index in [0.29, 0.717) is 5.89 Å². The summed E-state index contributed by atoms with van der Waals surface area (Å²) in [7, 11) is 0. The Morgan fingerprint density at radius 1 is 0.955 bits per heavy atom. The number of rotatable bonds is 3. The molecule has 0 amide bonds. The third-order valence-electron chi connectivity index (χ3n) is 3.34. The fourth-order valence-corrected chi connectivity index (χ4v) is 2.35. The summed E-state index contributed by atoms with van der Waals surface area (Å²) < 4.78 is 7.24. The number of H-pyrrole nitrogens is 1. The number of aromatic amines is 1. The first-order valence-electron chi connectivity index (χ1n) is 6.81. The molecule has 6 heteroatoms. The molecule has 0 aliphatic rings. The van der Waals surface area contributed by atoms with Crippen LogP contribution in [0.2, 0.25) is 0 Å². The highest BCUT2D eigenvalue weighted by Gasteiger charge is 2.22. The lowest BCUT2D eigenvalue weighted by molar-refractivity contribution is -0.649. The van der Waals surface area contributed by atoms with Crippen LogP contribution in [0.25, 0.3) is 28.5 Å². The van der Waals surface area contributed by atoms with Crippen molar-refractivity contribution in [1.29, 1.82) is 0 Å². The second-order valence-electron chi connectivity index (χ2n) is 4.68. The van der Waals surface area contributed by atoms with E-state index in [1.807, 2.05) is 59.3 Å². The molecule has 0 radical (unpaired) electrons. The Bertz CT molecular complexity index is 884. The molecular weight excluding hydrogens is 278 g/mol. The number of tetrazole rings is 1. The van der Waals surface area contributed by atoms with Gasteiger partial charge in [-0.05, 0) is 24.3 Å². The highest BCUT2D eigenvalue weighted by Crippen LogP contribution is 2.23. The predicted molar refractivity (Wildman–Crippen MR) is 78.8 cm³/mol. The van der Waals surface area contributed by atoms with Crippen molar-refractivity contribution in [1.82, 2.24) is 20.5 Å². The Balaban J connectivity index is 1.90. The second kappa shape index (κ2) is 5.25. The van der Waals surface area contributed by atoms with Crippen molar-refractivity contribution in [2.24, 2.45) is 0 Å². The summed E-state index contributed by atoms with van der Waals surface area (Å²) in [4.78, 5) is 4.22. The fourth-order valence-electron chi connectivity index (χ4n) is 2.35. The Hall–Kier alpha value is -3.28. The normalized spacial score (nSPS) is 10.7. The van der Waals surface area contributed by atoms with Gasteiger partial charge in [-0.3, -0.25) is 0 Å². The molecule has 0 fully saturated rings. The molecule has 0 saturated heterocycles. The van der Waals surface area contributed by atoms with Crippen molar-refractivity contribution in [3.05, 3.63) is 67.1 Å². The molecular formula is C16H12N5O+. The lowest BCUT2D eigenvalue weighted by Gasteiger charge is -2.04. The van der Waals surface area contributed by atoms with Gasteiger partial charge in [-0.25, -0.2) is 4.98 Å². The summed E-state index contributed by atoms with van der Waals surface area (Å²) in [5.74, 6) is 1.27. The minimum absolute atomic E-state index is 0.553. The maximum atomic E-state index is 5.42. The van der Waals surface area contributed by atoms with E-state index in [0.717, 1.165) is 22.6 Å². The smallest absolute Gasteiger partial charge is 0.337 e. The zero-order valence-electron chi connectivity index (χ0n) is 11.5. The molecule has 22 heavy (non-hydrogen) atoms. The molecule has 4 rings (SSSR count). The van der Waals surface area contributed by atoms with E-state index < -0.39 is 0 Å². The molecule has 2 aromatic carbocycles. The minimum Gasteiger partial charge on any atom is -0.444 e. The standard InChI is InChI=1S/C16H11N5O/c1-2-6-12(7-3-1)15-18-19-20-21(15)14-9-5-4-8-13(14)16-17-10-11-22-16/h1-11H/p+1. The van der Waals surface area contributed by atoms with Crippen LogP contribution in [0.5, 0.6) is 0 Å². The molecule has 0 aliphatic heterocycles. The predicted octanol–water partition coefficient (Wildman–Crippen LogP) is 2.40. The van der Waals surface area contributed by atoms with E-state index in [-0.39, 0.29) is 0 Å². The molecule has 0 bridgehead atoms. The third kappa shape index (κ3) is 2.07. The lowest BCUT2D eigenvalue weighted by Crippen LogP contribution is -2.35. The second-order valence-corrected chi connectivity index (χ2v) is 4.68. The maximum Gasteiger partial charge on any atom is 0.337 e. The van der Waals surface area contributed by atoms with Crippen LogP contribution in [0.1, 0.15) is 0 Å². The largest absolute Gasteiger partial charge is 0.444 e. The monoisotopic (exact) mass is 290 g/mol. The Morgan fingerprint density at radius 2 is 1.77 bits per heavy atom. The van der Waals surface area contributed by atoms with Gasteiger partial charge in [0.25, 0.3) is 0 Å². The zero-order chi connectivity index (χ0) is 14.8. The number of benzene rings is 2. The Morgan fingerprint density at radius 3 is 2.59 bits per heavy atom. The number of nitrogens with zero attached hydrogens (tertiary/aromatic N) is 4. The molecule has 0 unspecified atom stereocenters. The fraction of sp³-hybridized carbons (Fsp3) is 0. The molecule has 0 spiro atoms. The molecule has 2 aromatic heterocycles. The van der Waals surface area contributed by atoms with Gasteiger partial charge in [0, 0.05) is 0 Å². The molecule has 6 nitrogen and oxygen atoms in total. The molecule has 106 valence electrons. The topological polar surface area (TPSA) is 71.5 Å². The molecule has 0 saturated carbocycles. The highest BCUT2D eigenvalue weighted by atomic mass is 16.3. The summed E-state index contributed by atoms with van der Waals surface area (Å²) >= 11 is 0. The maximum absolute atomic E-state index is 5.42. The van der Waals surface area contributed by atoms with Gasteiger partial charge in [0.2, 0.25) is 5.89 Å². The summed E-state index contributed by atoms with van der Waals surface area (Å²) in [6.07, 6.45) is 3.18. The van der Waals surface area contributed by atoms with E-state index in [2.05, 4.69) is 20.5 Å². The van der Waals surface area contributed by atoms with Crippen LogP contribution in [0.3, 0.4) is 0 Å². The van der Waals surface area contributed by atoms with Crippen molar-refractivity contribution in [2.45, 2.75) is 0 Å². The van der Waals surface area contributed by atoms with Gasteiger partial charge in [-0.1, -0.05) is 35.5 Å². The van der Waals surface area contributed by atoms with E-state index in [1.165, 1.54) is 0 Å². The van der Waals surface area contributed by atoms with Crippen LogP contribution in [-0.2, 0) is 0 Å². The van der Waals surface area contributed by atoms with Gasteiger partial charge in [0.1, 0.15) is 17.0 Å². The van der Waals surface area contributed by atoms with E-state index >= 15 is 0 Å². The summed E-state index contributed by atoms with van der Waals surface area (Å²) in [5, 5.41) is 11.0.